The molecule has 0 amide bonds. The van der Waals surface area contributed by atoms with Gasteiger partial charge in [-0.2, -0.15) is 0 Å². The first-order chi connectivity index (χ1) is 9.65. The molecule has 0 bridgehead atoms. The molecule has 0 radical (unpaired) electrons. The van der Waals surface area contributed by atoms with E-state index >= 15 is 0 Å². The molecule has 120 valence electrons. The maximum absolute atomic E-state index is 9.84. The predicted molar refractivity (Wildman–Crippen MR) is 70.3 cm³/mol. The van der Waals surface area contributed by atoms with Crippen molar-refractivity contribution in [3.8, 4) is 0 Å². The molecule has 21 heavy (non-hydrogen) atoms. The number of carbonyl (C=O) groups is 4. The van der Waals surface area contributed by atoms with Crippen LogP contribution in [-0.2, 0) is 28.7 Å². The second-order valence-corrected chi connectivity index (χ2v) is 2.91. The normalized spacial score (nSPS) is 9.29. The number of rotatable bonds is 5. The van der Waals surface area contributed by atoms with E-state index in [9.17, 15) is 19.2 Å². The van der Waals surface area contributed by atoms with Gasteiger partial charge >= 0.3 is 23.9 Å². The van der Waals surface area contributed by atoms with E-state index in [2.05, 4.69) is 22.6 Å². The van der Waals surface area contributed by atoms with E-state index in [-0.39, 0.29) is 0 Å². The van der Waals surface area contributed by atoms with Crippen molar-refractivity contribution < 1.29 is 44.0 Å². The molecule has 0 fully saturated rings. The highest BCUT2D eigenvalue weighted by atomic mass is 16.5. The first-order valence-corrected chi connectivity index (χ1v) is 5.19. The molecule has 0 saturated heterocycles. The minimum absolute atomic E-state index is 0.394. The number of aliphatic hydroxyl groups excluding tert-OH is 1. The summed E-state index contributed by atoms with van der Waals surface area (Å²) >= 11 is 0. The van der Waals surface area contributed by atoms with E-state index in [4.69, 9.17) is 15.3 Å². The molecule has 0 aliphatic rings. The van der Waals surface area contributed by atoms with Gasteiger partial charge in [0.15, 0.2) is 6.10 Å². The molecular weight excluding hydrogens is 288 g/mol. The van der Waals surface area contributed by atoms with Crippen LogP contribution >= 0.6 is 0 Å². The third-order valence-electron chi connectivity index (χ3n) is 1.39. The smallest absolute Gasteiger partial charge is 0.333 e. The fraction of sp³-hybridized carbons (Fsp3) is 0.333. The highest BCUT2D eigenvalue weighted by molar-refractivity contribution is 5.81. The Labute approximate surface area is 121 Å². The summed E-state index contributed by atoms with van der Waals surface area (Å²) in [6.45, 7) is 6.31. The Kier molecular flexibility index (Phi) is 17.1. The minimum Gasteiger partial charge on any atom is -0.481 e. The summed E-state index contributed by atoms with van der Waals surface area (Å²) < 4.78 is 8.28. The van der Waals surface area contributed by atoms with Crippen molar-refractivity contribution in [1.29, 1.82) is 0 Å². The molecule has 1 atom stereocenters. The highest BCUT2D eigenvalue weighted by Gasteiger charge is 2.16. The Bertz CT molecular complexity index is 353. The Balaban J connectivity index is -0.000000240. The molecule has 9 heteroatoms. The monoisotopic (exact) mass is 306 g/mol. The van der Waals surface area contributed by atoms with Crippen molar-refractivity contribution in [1.82, 2.24) is 0 Å². The fourth-order valence-corrected chi connectivity index (χ4v) is 0.419. The number of esters is 2. The highest BCUT2D eigenvalue weighted by Crippen LogP contribution is 1.89. The number of carbonyl (C=O) groups excluding carboxylic acids is 2. The van der Waals surface area contributed by atoms with Gasteiger partial charge in [0.05, 0.1) is 20.6 Å². The average Bonchev–Trinajstić information content (AvgIpc) is 2.45. The van der Waals surface area contributed by atoms with Gasteiger partial charge in [0.1, 0.15) is 0 Å². The Morgan fingerprint density at radius 2 is 1.33 bits per heavy atom. The Morgan fingerprint density at radius 3 is 1.38 bits per heavy atom. The van der Waals surface area contributed by atoms with Gasteiger partial charge in [-0.15, -0.1) is 0 Å². The van der Waals surface area contributed by atoms with Crippen LogP contribution in [-0.4, -0.2) is 59.5 Å². The lowest BCUT2D eigenvalue weighted by molar-refractivity contribution is -0.152. The number of ether oxygens (including phenoxy) is 2. The van der Waals surface area contributed by atoms with E-state index in [0.29, 0.717) is 0 Å². The summed E-state index contributed by atoms with van der Waals surface area (Å²) in [7, 11) is 2.62. The summed E-state index contributed by atoms with van der Waals surface area (Å²) in [5, 5.41) is 24.1. The van der Waals surface area contributed by atoms with E-state index in [1.54, 1.807) is 0 Å². The zero-order valence-electron chi connectivity index (χ0n) is 11.6. The van der Waals surface area contributed by atoms with Crippen LogP contribution in [0.25, 0.3) is 0 Å². The number of aliphatic hydroxyl groups is 1. The largest absolute Gasteiger partial charge is 0.481 e. The zero-order chi connectivity index (χ0) is 17.4. The average molecular weight is 306 g/mol. The van der Waals surface area contributed by atoms with Gasteiger partial charge in [-0.05, 0) is 0 Å². The molecule has 0 rings (SSSR count). The van der Waals surface area contributed by atoms with Gasteiger partial charge in [0, 0.05) is 12.2 Å². The minimum atomic E-state index is -1.79. The molecule has 0 heterocycles. The third-order valence-corrected chi connectivity index (χ3v) is 1.39. The third kappa shape index (κ3) is 22.9. The van der Waals surface area contributed by atoms with Crippen molar-refractivity contribution in [2.24, 2.45) is 0 Å². The van der Waals surface area contributed by atoms with Gasteiger partial charge in [-0.3, -0.25) is 4.79 Å². The SMILES string of the molecule is C=CC(=O)OC.C=CC(=O)OC.O=C(O)CC(O)C(=O)O. The van der Waals surface area contributed by atoms with Gasteiger partial charge < -0.3 is 24.8 Å². The quantitative estimate of drug-likeness (QED) is 0.455. The fourth-order valence-electron chi connectivity index (χ4n) is 0.419. The molecule has 9 nitrogen and oxygen atoms in total. The predicted octanol–water partition coefficient (Wildman–Crippen LogP) is -0.403. The first kappa shape index (κ1) is 23.4. The van der Waals surface area contributed by atoms with Gasteiger partial charge in [-0.1, -0.05) is 13.2 Å². The zero-order valence-corrected chi connectivity index (χ0v) is 11.6. The van der Waals surface area contributed by atoms with Crippen LogP contribution in [0.4, 0.5) is 0 Å². The van der Waals surface area contributed by atoms with Crippen molar-refractivity contribution in [2.75, 3.05) is 14.2 Å². The van der Waals surface area contributed by atoms with Crippen molar-refractivity contribution in [3.05, 3.63) is 25.3 Å². The van der Waals surface area contributed by atoms with E-state index in [1.807, 2.05) is 0 Å². The molecule has 0 aromatic rings. The van der Waals surface area contributed by atoms with E-state index in [1.165, 1.54) is 14.2 Å². The summed E-state index contributed by atoms with van der Waals surface area (Å²) in [4.78, 5) is 39.1. The molecule has 0 saturated carbocycles. The molecular formula is C12H18O9. The first-order valence-electron chi connectivity index (χ1n) is 5.19. The maximum Gasteiger partial charge on any atom is 0.333 e. The van der Waals surface area contributed by atoms with Crippen molar-refractivity contribution in [3.63, 3.8) is 0 Å². The molecule has 0 aliphatic carbocycles. The van der Waals surface area contributed by atoms with Crippen LogP contribution in [0.5, 0.6) is 0 Å². The molecule has 0 spiro atoms. The van der Waals surface area contributed by atoms with Gasteiger partial charge in [0.2, 0.25) is 0 Å². The van der Waals surface area contributed by atoms with Crippen molar-refractivity contribution in [2.45, 2.75) is 12.5 Å². The lowest BCUT2D eigenvalue weighted by Gasteiger charge is -1.97. The topological polar surface area (TPSA) is 147 Å². The number of carboxylic acid groups (broad SMARTS) is 2. The second kappa shape index (κ2) is 15.4. The van der Waals surface area contributed by atoms with Crippen LogP contribution in [0.15, 0.2) is 25.3 Å². The Morgan fingerprint density at radius 1 is 1.00 bits per heavy atom. The van der Waals surface area contributed by atoms with E-state index in [0.717, 1.165) is 12.2 Å². The number of carboxylic acids is 2. The molecule has 0 aromatic heterocycles. The molecule has 3 N–H and O–H groups in total. The second-order valence-electron chi connectivity index (χ2n) is 2.91. The summed E-state index contributed by atoms with van der Waals surface area (Å²) in [5.41, 5.74) is 0. The van der Waals surface area contributed by atoms with Crippen molar-refractivity contribution >= 4 is 23.9 Å². The van der Waals surface area contributed by atoms with Crippen LogP contribution in [0.1, 0.15) is 6.42 Å². The van der Waals surface area contributed by atoms with Gasteiger partial charge in [0.25, 0.3) is 0 Å². The molecule has 0 aromatic carbocycles. The summed E-state index contributed by atoms with van der Waals surface area (Å²) in [5.74, 6) is -3.63. The van der Waals surface area contributed by atoms with E-state index < -0.39 is 36.4 Å². The summed E-state index contributed by atoms with van der Waals surface area (Å²) in [6, 6.07) is 0. The van der Waals surface area contributed by atoms with Crippen LogP contribution in [0.2, 0.25) is 0 Å². The van der Waals surface area contributed by atoms with Crippen LogP contribution < -0.4 is 0 Å². The number of methoxy groups -OCH3 is 2. The summed E-state index contributed by atoms with van der Waals surface area (Å²) in [6.07, 6.45) is -0.322. The standard InChI is InChI=1S/C4H6O5.2C4H6O2/c5-2(4(8)9)1-3(6)7;2*1-3-4(5)6-2/h2,5H,1H2,(H,6,7)(H,8,9);2*3H,1H2,2H3. The van der Waals surface area contributed by atoms with Crippen LogP contribution in [0.3, 0.4) is 0 Å². The van der Waals surface area contributed by atoms with Crippen LogP contribution in [0, 0.1) is 0 Å². The number of hydrogen-bond donors (Lipinski definition) is 3. The molecule has 1 unspecified atom stereocenters. The maximum atomic E-state index is 9.84. The van der Waals surface area contributed by atoms with Gasteiger partial charge in [-0.25, -0.2) is 14.4 Å². The number of aliphatic carboxylic acids is 2. The lowest BCUT2D eigenvalue weighted by Crippen LogP contribution is -2.22. The number of hydrogen-bond acceptors (Lipinski definition) is 7. The molecule has 0 aliphatic heterocycles. The Hall–Kier alpha value is -2.68. The lowest BCUT2D eigenvalue weighted by atomic mass is 10.3.